The first-order valence-corrected chi connectivity index (χ1v) is 8.14. The number of aryl methyl sites for hydroxylation is 1. The van der Waals surface area contributed by atoms with E-state index in [0.717, 1.165) is 49.8 Å². The molecule has 1 unspecified atom stereocenters. The first-order chi connectivity index (χ1) is 9.72. The Bertz CT molecular complexity index is 481. The Hall–Kier alpha value is -1.08. The highest BCUT2D eigenvalue weighted by Gasteiger charge is 2.24. The Labute approximate surface area is 122 Å². The van der Waals surface area contributed by atoms with Crippen LogP contribution >= 0.6 is 11.8 Å². The Morgan fingerprint density at radius 2 is 2.30 bits per heavy atom. The van der Waals surface area contributed by atoms with Crippen molar-refractivity contribution in [1.29, 1.82) is 0 Å². The second-order valence-corrected chi connectivity index (χ2v) is 6.35. The molecule has 1 aromatic heterocycles. The summed E-state index contributed by atoms with van der Waals surface area (Å²) in [6, 6.07) is 0.412. The monoisotopic (exact) mass is 296 g/mol. The molecule has 20 heavy (non-hydrogen) atoms. The third-order valence-electron chi connectivity index (χ3n) is 3.59. The number of nitrogens with one attached hydrogen (secondary N) is 1. The van der Waals surface area contributed by atoms with Crippen molar-refractivity contribution in [3.8, 4) is 0 Å². The van der Waals surface area contributed by atoms with Gasteiger partial charge >= 0.3 is 0 Å². The topological polar surface area (TPSA) is 69.0 Å². The number of ether oxygens (including phenoxy) is 1. The largest absolute Gasteiger partial charge is 0.376 e. The quantitative estimate of drug-likeness (QED) is 0.797. The van der Waals surface area contributed by atoms with Crippen LogP contribution in [-0.2, 0) is 16.1 Å². The first-order valence-electron chi connectivity index (χ1n) is 7.16. The van der Waals surface area contributed by atoms with Gasteiger partial charge in [-0.1, -0.05) is 11.8 Å². The molecule has 2 fully saturated rings. The maximum absolute atomic E-state index is 11.7. The Morgan fingerprint density at radius 3 is 3.00 bits per heavy atom. The van der Waals surface area contributed by atoms with E-state index in [2.05, 4.69) is 20.1 Å². The summed E-state index contributed by atoms with van der Waals surface area (Å²) in [6.07, 6.45) is 4.70. The fourth-order valence-corrected chi connectivity index (χ4v) is 3.10. The van der Waals surface area contributed by atoms with Gasteiger partial charge in [-0.05, 0) is 32.6 Å². The van der Waals surface area contributed by atoms with Gasteiger partial charge in [-0.2, -0.15) is 0 Å². The summed E-state index contributed by atoms with van der Waals surface area (Å²) in [4.78, 5) is 11.7. The molecule has 1 saturated carbocycles. The number of nitrogens with zero attached hydrogens (tertiary/aromatic N) is 3. The molecule has 0 bridgehead atoms. The molecule has 0 spiro atoms. The van der Waals surface area contributed by atoms with Crippen LogP contribution in [0.4, 0.5) is 0 Å². The highest BCUT2D eigenvalue weighted by Crippen LogP contribution is 2.22. The molecule has 2 heterocycles. The molecule has 1 amide bonds. The third kappa shape index (κ3) is 3.52. The molecule has 110 valence electrons. The van der Waals surface area contributed by atoms with E-state index >= 15 is 0 Å². The zero-order valence-electron chi connectivity index (χ0n) is 11.7. The molecule has 3 rings (SSSR count). The molecule has 0 aromatic carbocycles. The number of amides is 1. The number of rotatable bonds is 6. The number of thioether (sulfide) groups is 1. The van der Waals surface area contributed by atoms with Crippen LogP contribution in [0.3, 0.4) is 0 Å². The predicted molar refractivity (Wildman–Crippen MR) is 75.6 cm³/mol. The minimum Gasteiger partial charge on any atom is -0.376 e. The summed E-state index contributed by atoms with van der Waals surface area (Å²) in [5.74, 6) is 1.37. The molecule has 1 atom stereocenters. The van der Waals surface area contributed by atoms with Crippen molar-refractivity contribution in [2.75, 3.05) is 12.4 Å². The van der Waals surface area contributed by atoms with E-state index in [-0.39, 0.29) is 12.0 Å². The van der Waals surface area contributed by atoms with Crippen LogP contribution in [0.25, 0.3) is 0 Å². The van der Waals surface area contributed by atoms with Crippen LogP contribution in [0.5, 0.6) is 0 Å². The second-order valence-electron chi connectivity index (χ2n) is 5.41. The van der Waals surface area contributed by atoms with E-state index in [1.807, 2.05) is 6.92 Å². The van der Waals surface area contributed by atoms with Gasteiger partial charge in [0, 0.05) is 12.6 Å². The molecule has 1 aliphatic carbocycles. The van der Waals surface area contributed by atoms with Gasteiger partial charge in [0.1, 0.15) is 5.82 Å². The molecule has 0 radical (unpaired) electrons. The van der Waals surface area contributed by atoms with Crippen molar-refractivity contribution >= 4 is 17.7 Å². The average molecular weight is 296 g/mol. The fraction of sp³-hybridized carbons (Fsp3) is 0.769. The summed E-state index contributed by atoms with van der Waals surface area (Å²) in [5.41, 5.74) is 0. The molecule has 1 aliphatic heterocycles. The van der Waals surface area contributed by atoms with Crippen LogP contribution in [-0.4, -0.2) is 45.2 Å². The molecule has 7 heteroatoms. The Morgan fingerprint density at radius 1 is 1.45 bits per heavy atom. The van der Waals surface area contributed by atoms with Gasteiger partial charge in [-0.15, -0.1) is 10.2 Å². The van der Waals surface area contributed by atoms with E-state index < -0.39 is 0 Å². The molecule has 1 N–H and O–H groups in total. The maximum atomic E-state index is 11.7. The molecule has 2 aliphatic rings. The lowest BCUT2D eigenvalue weighted by Crippen LogP contribution is -2.27. The van der Waals surface area contributed by atoms with Gasteiger partial charge in [-0.25, -0.2) is 0 Å². The first kappa shape index (κ1) is 13.9. The van der Waals surface area contributed by atoms with Gasteiger partial charge < -0.3 is 14.6 Å². The lowest BCUT2D eigenvalue weighted by Gasteiger charge is -2.13. The van der Waals surface area contributed by atoms with Gasteiger partial charge in [0.15, 0.2) is 5.16 Å². The minimum absolute atomic E-state index is 0.0850. The highest BCUT2D eigenvalue weighted by molar-refractivity contribution is 7.99. The van der Waals surface area contributed by atoms with Gasteiger partial charge in [-0.3, -0.25) is 4.79 Å². The van der Waals surface area contributed by atoms with Crippen LogP contribution in [0.15, 0.2) is 5.16 Å². The summed E-state index contributed by atoms with van der Waals surface area (Å²) < 4.78 is 7.72. The number of aromatic nitrogens is 3. The molecular formula is C13H20N4O2S. The zero-order chi connectivity index (χ0) is 13.9. The summed E-state index contributed by atoms with van der Waals surface area (Å²) in [5, 5.41) is 12.1. The van der Waals surface area contributed by atoms with Crippen LogP contribution < -0.4 is 5.32 Å². The van der Waals surface area contributed by atoms with Crippen LogP contribution in [0.1, 0.15) is 31.5 Å². The summed E-state index contributed by atoms with van der Waals surface area (Å²) >= 11 is 1.45. The van der Waals surface area contributed by atoms with Crippen molar-refractivity contribution in [1.82, 2.24) is 20.1 Å². The van der Waals surface area contributed by atoms with Crippen molar-refractivity contribution in [3.05, 3.63) is 5.82 Å². The Kier molecular flexibility index (Phi) is 4.26. The van der Waals surface area contributed by atoms with Crippen molar-refractivity contribution in [2.45, 2.75) is 56.5 Å². The smallest absolute Gasteiger partial charge is 0.230 e. The normalized spacial score (nSPS) is 22.1. The number of hydrogen-bond donors (Lipinski definition) is 1. The second kappa shape index (κ2) is 6.13. The van der Waals surface area contributed by atoms with Crippen LogP contribution in [0, 0.1) is 6.92 Å². The fourth-order valence-electron chi connectivity index (χ4n) is 2.30. The zero-order valence-corrected chi connectivity index (χ0v) is 12.5. The standard InChI is InChI=1S/C13H20N4O2S/c1-9-15-16-13(17(9)7-11-3-2-6-19-11)20-8-12(18)14-10-4-5-10/h10-11H,2-8H2,1H3,(H,14,18). The number of carbonyl (C=O) groups is 1. The Balaban J connectivity index is 1.56. The van der Waals surface area contributed by atoms with Gasteiger partial charge in [0.05, 0.1) is 18.4 Å². The van der Waals surface area contributed by atoms with Crippen molar-refractivity contribution in [3.63, 3.8) is 0 Å². The lowest BCUT2D eigenvalue weighted by atomic mass is 10.2. The SMILES string of the molecule is Cc1nnc(SCC(=O)NC2CC2)n1CC1CCCO1. The maximum Gasteiger partial charge on any atom is 0.230 e. The van der Waals surface area contributed by atoms with Crippen molar-refractivity contribution < 1.29 is 9.53 Å². The average Bonchev–Trinajstić information content (AvgIpc) is 2.97. The minimum atomic E-state index is 0.0850. The lowest BCUT2D eigenvalue weighted by molar-refractivity contribution is -0.118. The van der Waals surface area contributed by atoms with E-state index in [4.69, 9.17) is 4.74 Å². The molecule has 1 aromatic rings. The van der Waals surface area contributed by atoms with E-state index in [9.17, 15) is 4.79 Å². The number of hydrogen-bond acceptors (Lipinski definition) is 5. The van der Waals surface area contributed by atoms with Gasteiger partial charge in [0.25, 0.3) is 0 Å². The van der Waals surface area contributed by atoms with E-state index in [1.165, 1.54) is 11.8 Å². The van der Waals surface area contributed by atoms with Crippen molar-refractivity contribution in [2.24, 2.45) is 0 Å². The van der Waals surface area contributed by atoms with E-state index in [0.29, 0.717) is 11.8 Å². The van der Waals surface area contributed by atoms with Crippen LogP contribution in [0.2, 0.25) is 0 Å². The molecule has 6 nitrogen and oxygen atoms in total. The highest BCUT2D eigenvalue weighted by atomic mass is 32.2. The van der Waals surface area contributed by atoms with Gasteiger partial charge in [0.2, 0.25) is 5.91 Å². The summed E-state index contributed by atoms with van der Waals surface area (Å²) in [7, 11) is 0. The number of carbonyl (C=O) groups excluding carboxylic acids is 1. The predicted octanol–water partition coefficient (Wildman–Crippen LogP) is 1.14. The third-order valence-corrected chi connectivity index (χ3v) is 4.55. The molecular weight excluding hydrogens is 276 g/mol. The van der Waals surface area contributed by atoms with E-state index in [1.54, 1.807) is 0 Å². The summed E-state index contributed by atoms with van der Waals surface area (Å²) in [6.45, 7) is 3.57. The molecule has 1 saturated heterocycles.